The molecule has 1 aromatic heterocycles. The number of carbonyl (C=O) groups excluding carboxylic acids is 1. The number of phenols is 1. The van der Waals surface area contributed by atoms with E-state index >= 15 is 0 Å². The number of nitrogens with one attached hydrogen (secondary N) is 1. The van der Waals surface area contributed by atoms with Crippen LogP contribution < -0.4 is 4.74 Å². The number of benzene rings is 3. The second-order valence-corrected chi connectivity index (χ2v) is 9.13. The van der Waals surface area contributed by atoms with Gasteiger partial charge in [0.1, 0.15) is 29.5 Å². The molecular formula is C28H26ClN3O4. The van der Waals surface area contributed by atoms with E-state index in [2.05, 4.69) is 10.2 Å². The van der Waals surface area contributed by atoms with Crippen molar-refractivity contribution in [2.45, 2.75) is 19.6 Å². The van der Waals surface area contributed by atoms with E-state index in [-0.39, 0.29) is 11.7 Å². The molecule has 1 aliphatic heterocycles. The Morgan fingerprint density at radius 2 is 1.92 bits per heavy atom. The van der Waals surface area contributed by atoms with Gasteiger partial charge in [0.25, 0.3) is 5.91 Å². The lowest BCUT2D eigenvalue weighted by Gasteiger charge is -2.26. The molecule has 0 fully saturated rings. The number of aromatic nitrogens is 2. The average Bonchev–Trinajstić information content (AvgIpc) is 3.43. The zero-order valence-electron chi connectivity index (χ0n) is 20.0. The van der Waals surface area contributed by atoms with E-state index in [9.17, 15) is 9.90 Å². The fourth-order valence-electron chi connectivity index (χ4n) is 4.54. The third-order valence-electron chi connectivity index (χ3n) is 6.35. The first-order valence-corrected chi connectivity index (χ1v) is 12.0. The number of fused-ring (bicyclic) bond motifs is 1. The summed E-state index contributed by atoms with van der Waals surface area (Å²) in [5.74, 6) is 0.557. The van der Waals surface area contributed by atoms with Gasteiger partial charge < -0.3 is 19.5 Å². The number of amides is 1. The SMILES string of the molecule is COCCN1C(=O)c2[nH]nc(-c3cc(Cl)c(C)cc3O)c2C1c1cccc(OCc2ccccc2)c1. The smallest absolute Gasteiger partial charge is 0.273 e. The first-order valence-electron chi connectivity index (χ1n) is 11.6. The molecule has 1 unspecified atom stereocenters. The zero-order chi connectivity index (χ0) is 25.2. The normalized spacial score (nSPS) is 14.8. The molecule has 0 saturated carbocycles. The van der Waals surface area contributed by atoms with Crippen molar-refractivity contribution in [1.29, 1.82) is 0 Å². The number of ether oxygens (including phenoxy) is 2. The van der Waals surface area contributed by atoms with Crippen LogP contribution in [0, 0.1) is 6.92 Å². The summed E-state index contributed by atoms with van der Waals surface area (Å²) in [6, 6.07) is 20.5. The van der Waals surface area contributed by atoms with Gasteiger partial charge in [-0.15, -0.1) is 0 Å². The first-order chi connectivity index (χ1) is 17.5. The van der Waals surface area contributed by atoms with Crippen molar-refractivity contribution in [1.82, 2.24) is 15.1 Å². The van der Waals surface area contributed by atoms with Gasteiger partial charge in [0, 0.05) is 29.8 Å². The van der Waals surface area contributed by atoms with Crippen LogP contribution in [0.15, 0.2) is 66.7 Å². The Morgan fingerprint density at radius 3 is 2.69 bits per heavy atom. The van der Waals surface area contributed by atoms with Gasteiger partial charge in [-0.05, 0) is 47.9 Å². The maximum atomic E-state index is 13.4. The number of methoxy groups -OCH3 is 1. The minimum absolute atomic E-state index is 0.0488. The number of nitrogens with zero attached hydrogens (tertiary/aromatic N) is 2. The van der Waals surface area contributed by atoms with Gasteiger partial charge in [-0.25, -0.2) is 0 Å². The minimum Gasteiger partial charge on any atom is -0.507 e. The topological polar surface area (TPSA) is 87.7 Å². The van der Waals surface area contributed by atoms with E-state index in [0.29, 0.717) is 53.0 Å². The largest absolute Gasteiger partial charge is 0.507 e. The Hall–Kier alpha value is -3.81. The van der Waals surface area contributed by atoms with Crippen LogP contribution >= 0.6 is 11.6 Å². The van der Waals surface area contributed by atoms with Crippen molar-refractivity contribution >= 4 is 17.5 Å². The lowest BCUT2D eigenvalue weighted by atomic mass is 9.95. The van der Waals surface area contributed by atoms with Crippen LogP contribution in [-0.2, 0) is 11.3 Å². The molecule has 4 aromatic rings. The van der Waals surface area contributed by atoms with Gasteiger partial charge in [0.05, 0.1) is 12.6 Å². The number of aryl methyl sites for hydroxylation is 1. The predicted molar refractivity (Wildman–Crippen MR) is 137 cm³/mol. The van der Waals surface area contributed by atoms with Crippen LogP contribution in [0.2, 0.25) is 5.02 Å². The maximum Gasteiger partial charge on any atom is 0.273 e. The molecule has 7 nitrogen and oxygen atoms in total. The van der Waals surface area contributed by atoms with E-state index in [1.54, 1.807) is 24.1 Å². The van der Waals surface area contributed by atoms with Crippen LogP contribution in [0.5, 0.6) is 11.5 Å². The number of halogens is 1. The molecule has 0 radical (unpaired) electrons. The highest BCUT2D eigenvalue weighted by Gasteiger charge is 2.42. The highest BCUT2D eigenvalue weighted by molar-refractivity contribution is 6.31. The number of hydrogen-bond acceptors (Lipinski definition) is 5. The number of aromatic amines is 1. The van der Waals surface area contributed by atoms with Crippen LogP contribution in [0.1, 0.15) is 38.8 Å². The second-order valence-electron chi connectivity index (χ2n) is 8.72. The molecule has 1 amide bonds. The quantitative estimate of drug-likeness (QED) is 0.331. The summed E-state index contributed by atoms with van der Waals surface area (Å²) in [4.78, 5) is 15.2. The Labute approximate surface area is 214 Å². The summed E-state index contributed by atoms with van der Waals surface area (Å²) in [5.41, 5.74) is 4.70. The van der Waals surface area contributed by atoms with Gasteiger partial charge in [0.15, 0.2) is 0 Å². The van der Waals surface area contributed by atoms with Gasteiger partial charge in [-0.2, -0.15) is 5.10 Å². The number of carbonyl (C=O) groups is 1. The van der Waals surface area contributed by atoms with E-state index in [0.717, 1.165) is 16.7 Å². The minimum atomic E-state index is -0.448. The van der Waals surface area contributed by atoms with E-state index in [1.165, 1.54) is 0 Å². The van der Waals surface area contributed by atoms with Crippen LogP contribution in [-0.4, -0.2) is 46.4 Å². The number of aromatic hydroxyl groups is 1. The zero-order valence-corrected chi connectivity index (χ0v) is 20.7. The Kier molecular flexibility index (Phi) is 6.67. The van der Waals surface area contributed by atoms with E-state index < -0.39 is 6.04 Å². The second kappa shape index (κ2) is 10.0. The van der Waals surface area contributed by atoms with E-state index in [1.807, 2.05) is 61.5 Å². The lowest BCUT2D eigenvalue weighted by molar-refractivity contribution is 0.0677. The Balaban J connectivity index is 1.56. The van der Waals surface area contributed by atoms with Crippen LogP contribution in [0.25, 0.3) is 11.3 Å². The van der Waals surface area contributed by atoms with Crippen molar-refractivity contribution in [3.63, 3.8) is 0 Å². The van der Waals surface area contributed by atoms with Gasteiger partial charge in [-0.1, -0.05) is 54.1 Å². The summed E-state index contributed by atoms with van der Waals surface area (Å²) in [7, 11) is 1.60. The Morgan fingerprint density at radius 1 is 1.11 bits per heavy atom. The number of hydrogen-bond donors (Lipinski definition) is 2. The predicted octanol–water partition coefficient (Wildman–Crippen LogP) is 5.51. The fourth-order valence-corrected chi connectivity index (χ4v) is 4.70. The number of rotatable bonds is 8. The lowest BCUT2D eigenvalue weighted by Crippen LogP contribution is -2.32. The molecule has 2 N–H and O–H groups in total. The molecule has 2 heterocycles. The third-order valence-corrected chi connectivity index (χ3v) is 6.76. The van der Waals surface area contributed by atoms with Gasteiger partial charge in [-0.3, -0.25) is 9.89 Å². The number of phenolic OH excluding ortho intramolecular Hbond substituents is 1. The van der Waals surface area contributed by atoms with Crippen LogP contribution in [0.3, 0.4) is 0 Å². The van der Waals surface area contributed by atoms with E-state index in [4.69, 9.17) is 21.1 Å². The summed E-state index contributed by atoms with van der Waals surface area (Å²) in [6.45, 7) is 3.01. The van der Waals surface area contributed by atoms with Crippen LogP contribution in [0.4, 0.5) is 0 Å². The molecule has 8 heteroatoms. The number of H-pyrrole nitrogens is 1. The molecule has 0 aliphatic carbocycles. The summed E-state index contributed by atoms with van der Waals surface area (Å²) in [6.07, 6.45) is 0. The molecule has 5 rings (SSSR count). The molecule has 1 aliphatic rings. The molecule has 0 bridgehead atoms. The van der Waals surface area contributed by atoms with Crippen molar-refractivity contribution in [2.75, 3.05) is 20.3 Å². The summed E-state index contributed by atoms with van der Waals surface area (Å²) >= 11 is 6.38. The van der Waals surface area contributed by atoms with Crippen molar-refractivity contribution in [3.05, 3.63) is 99.7 Å². The molecule has 36 heavy (non-hydrogen) atoms. The fraction of sp³-hybridized carbons (Fsp3) is 0.214. The summed E-state index contributed by atoms with van der Waals surface area (Å²) < 4.78 is 11.3. The molecule has 184 valence electrons. The third kappa shape index (κ3) is 4.43. The highest BCUT2D eigenvalue weighted by atomic mass is 35.5. The molecule has 3 aromatic carbocycles. The maximum absolute atomic E-state index is 13.4. The molecule has 0 spiro atoms. The monoisotopic (exact) mass is 503 g/mol. The van der Waals surface area contributed by atoms with Crippen molar-refractivity contribution in [3.8, 4) is 22.8 Å². The highest BCUT2D eigenvalue weighted by Crippen LogP contribution is 2.45. The standard InChI is InChI=1S/C28H26ClN3O4/c1-17-13-23(33)21(15-22(17)29)25-24-26(31-30-25)28(34)32(11-12-35-2)27(24)19-9-6-10-20(14-19)36-16-18-7-4-3-5-8-18/h3-10,13-15,27,33H,11-12,16H2,1-2H3,(H,30,31). The Bertz CT molecular complexity index is 1400. The van der Waals surface area contributed by atoms with Crippen molar-refractivity contribution in [2.24, 2.45) is 0 Å². The average molecular weight is 504 g/mol. The molecule has 0 saturated heterocycles. The first kappa shape index (κ1) is 23.9. The summed E-state index contributed by atoms with van der Waals surface area (Å²) in [5, 5.41) is 18.5. The van der Waals surface area contributed by atoms with Gasteiger partial charge in [0.2, 0.25) is 0 Å². The van der Waals surface area contributed by atoms with Crippen molar-refractivity contribution < 1.29 is 19.4 Å². The molecule has 1 atom stereocenters. The van der Waals surface area contributed by atoms with Gasteiger partial charge >= 0.3 is 0 Å². The molecular weight excluding hydrogens is 478 g/mol.